The highest BCUT2D eigenvalue weighted by atomic mass is 16.5. The molecule has 2 amide bonds. The zero-order chi connectivity index (χ0) is 17.8. The Morgan fingerprint density at radius 2 is 2.08 bits per heavy atom. The smallest absolute Gasteiger partial charge is 0.321 e. The second-order valence-electron chi connectivity index (χ2n) is 6.32. The van der Waals surface area contributed by atoms with Crippen molar-refractivity contribution >= 4 is 22.8 Å². The summed E-state index contributed by atoms with van der Waals surface area (Å²) in [4.78, 5) is 18.4. The third-order valence-corrected chi connectivity index (χ3v) is 4.51. The molecule has 1 saturated heterocycles. The number of amides is 2. The number of likely N-dealkylation sites (tertiary alicyclic amines) is 1. The minimum atomic E-state index is -0.0986. The number of carbonyl (C=O) groups is 1. The van der Waals surface area contributed by atoms with Crippen molar-refractivity contribution in [1.82, 2.24) is 25.3 Å². The van der Waals surface area contributed by atoms with Crippen molar-refractivity contribution < 1.29 is 9.53 Å². The van der Waals surface area contributed by atoms with Crippen LogP contribution in [0.25, 0.3) is 11.0 Å². The van der Waals surface area contributed by atoms with Crippen LogP contribution in [0.15, 0.2) is 42.7 Å². The molecule has 26 heavy (non-hydrogen) atoms. The predicted octanol–water partition coefficient (Wildman–Crippen LogP) is 2.57. The number of anilines is 1. The third kappa shape index (κ3) is 3.80. The highest BCUT2D eigenvalue weighted by molar-refractivity contribution is 5.91. The van der Waals surface area contributed by atoms with Gasteiger partial charge in [0.15, 0.2) is 0 Å². The number of nitrogens with zero attached hydrogens (tertiary/aromatic N) is 4. The average Bonchev–Trinajstić information content (AvgIpc) is 3.15. The van der Waals surface area contributed by atoms with Gasteiger partial charge in [0.1, 0.15) is 11.0 Å². The summed E-state index contributed by atoms with van der Waals surface area (Å²) in [5, 5.41) is 13.5. The molecule has 0 saturated carbocycles. The summed E-state index contributed by atoms with van der Waals surface area (Å²) in [6, 6.07) is 9.27. The molecule has 1 fully saturated rings. The van der Waals surface area contributed by atoms with Crippen LogP contribution >= 0.6 is 0 Å². The van der Waals surface area contributed by atoms with Gasteiger partial charge in [-0.3, -0.25) is 4.98 Å². The van der Waals surface area contributed by atoms with E-state index in [9.17, 15) is 4.79 Å². The topological polar surface area (TPSA) is 96.0 Å². The number of pyridine rings is 1. The van der Waals surface area contributed by atoms with E-state index in [1.54, 1.807) is 12.3 Å². The minimum Gasteiger partial charge on any atom is -0.373 e. The molecule has 4 rings (SSSR count). The molecule has 1 aromatic carbocycles. The van der Waals surface area contributed by atoms with E-state index in [0.717, 1.165) is 29.4 Å². The van der Waals surface area contributed by atoms with Gasteiger partial charge >= 0.3 is 6.03 Å². The Balaban J connectivity index is 1.26. The van der Waals surface area contributed by atoms with Gasteiger partial charge in [-0.1, -0.05) is 6.07 Å². The lowest BCUT2D eigenvalue weighted by atomic mass is 10.1. The number of H-pyrrole nitrogens is 1. The van der Waals surface area contributed by atoms with Crippen LogP contribution in [0.2, 0.25) is 0 Å². The standard InChI is InChI=1S/C18H20N6O2/c25-18(20-14-3-4-16-17(10-14)22-23-21-16)24-8-5-15(6-9-24)26-12-13-2-1-7-19-11-13/h1-4,7,10-11,15H,5-6,8-9,12H2,(H,20,25)(H,21,22,23). The van der Waals surface area contributed by atoms with Gasteiger partial charge in [0, 0.05) is 31.2 Å². The summed E-state index contributed by atoms with van der Waals surface area (Å²) in [5.74, 6) is 0. The molecule has 0 bridgehead atoms. The highest BCUT2D eigenvalue weighted by Gasteiger charge is 2.23. The van der Waals surface area contributed by atoms with Crippen molar-refractivity contribution in [3.8, 4) is 0 Å². The molecular weight excluding hydrogens is 332 g/mol. The Morgan fingerprint density at radius 1 is 1.23 bits per heavy atom. The molecule has 1 aliphatic heterocycles. The van der Waals surface area contributed by atoms with E-state index in [1.807, 2.05) is 35.4 Å². The molecule has 134 valence electrons. The number of hydrogen-bond acceptors (Lipinski definition) is 5. The number of benzene rings is 1. The highest BCUT2D eigenvalue weighted by Crippen LogP contribution is 2.18. The molecule has 0 unspecified atom stereocenters. The molecule has 2 N–H and O–H groups in total. The summed E-state index contributed by atoms with van der Waals surface area (Å²) >= 11 is 0. The first kappa shape index (κ1) is 16.5. The van der Waals surface area contributed by atoms with Crippen LogP contribution in [-0.4, -0.2) is 50.5 Å². The monoisotopic (exact) mass is 352 g/mol. The van der Waals surface area contributed by atoms with E-state index in [2.05, 4.69) is 25.7 Å². The number of piperidine rings is 1. The molecule has 8 nitrogen and oxygen atoms in total. The molecule has 8 heteroatoms. The number of ether oxygens (including phenoxy) is 1. The molecule has 0 aliphatic carbocycles. The van der Waals surface area contributed by atoms with E-state index in [1.165, 1.54) is 0 Å². The van der Waals surface area contributed by atoms with Crippen molar-refractivity contribution in [3.63, 3.8) is 0 Å². The molecule has 0 atom stereocenters. The van der Waals surface area contributed by atoms with Crippen LogP contribution in [-0.2, 0) is 11.3 Å². The summed E-state index contributed by atoms with van der Waals surface area (Å²) < 4.78 is 5.94. The number of fused-ring (bicyclic) bond motifs is 1. The number of urea groups is 1. The maximum Gasteiger partial charge on any atom is 0.321 e. The predicted molar refractivity (Wildman–Crippen MR) is 96.5 cm³/mol. The fourth-order valence-electron chi connectivity index (χ4n) is 3.04. The van der Waals surface area contributed by atoms with E-state index in [-0.39, 0.29) is 12.1 Å². The van der Waals surface area contributed by atoms with Gasteiger partial charge in [0.05, 0.1) is 12.7 Å². The molecule has 3 heterocycles. The van der Waals surface area contributed by atoms with Crippen molar-refractivity contribution in [1.29, 1.82) is 0 Å². The van der Waals surface area contributed by atoms with Crippen LogP contribution in [0.5, 0.6) is 0 Å². The average molecular weight is 352 g/mol. The van der Waals surface area contributed by atoms with E-state index < -0.39 is 0 Å². The third-order valence-electron chi connectivity index (χ3n) is 4.51. The van der Waals surface area contributed by atoms with E-state index >= 15 is 0 Å². The van der Waals surface area contributed by atoms with E-state index in [4.69, 9.17) is 4.74 Å². The van der Waals surface area contributed by atoms with Crippen LogP contribution in [0.4, 0.5) is 10.5 Å². The Morgan fingerprint density at radius 3 is 2.88 bits per heavy atom. The first-order valence-corrected chi connectivity index (χ1v) is 8.65. The number of carbonyl (C=O) groups excluding carboxylic acids is 1. The van der Waals surface area contributed by atoms with Gasteiger partial charge < -0.3 is 15.0 Å². The second-order valence-corrected chi connectivity index (χ2v) is 6.32. The molecular formula is C18H20N6O2. The number of hydrogen-bond donors (Lipinski definition) is 2. The SMILES string of the molecule is O=C(Nc1ccc2n[nH]nc2c1)N1CCC(OCc2cccnc2)CC1. The molecule has 2 aromatic heterocycles. The summed E-state index contributed by atoms with van der Waals surface area (Å²) in [6.45, 7) is 1.91. The zero-order valence-electron chi connectivity index (χ0n) is 14.3. The molecule has 1 aliphatic rings. The largest absolute Gasteiger partial charge is 0.373 e. The lowest BCUT2D eigenvalue weighted by Crippen LogP contribution is -2.43. The van der Waals surface area contributed by atoms with Crippen LogP contribution < -0.4 is 5.32 Å². The van der Waals surface area contributed by atoms with Crippen LogP contribution in [0, 0.1) is 0 Å². The van der Waals surface area contributed by atoms with Crippen molar-refractivity contribution in [3.05, 3.63) is 48.3 Å². The van der Waals surface area contributed by atoms with Gasteiger partial charge in [0.2, 0.25) is 0 Å². The number of nitrogens with one attached hydrogen (secondary N) is 2. The Kier molecular flexibility index (Phi) is 4.74. The molecule has 0 spiro atoms. The first-order chi connectivity index (χ1) is 12.8. The number of aromatic nitrogens is 4. The minimum absolute atomic E-state index is 0.0986. The normalized spacial score (nSPS) is 15.3. The van der Waals surface area contributed by atoms with Gasteiger partial charge in [0.25, 0.3) is 0 Å². The van der Waals surface area contributed by atoms with Gasteiger partial charge in [-0.15, -0.1) is 0 Å². The summed E-state index contributed by atoms with van der Waals surface area (Å²) in [6.07, 6.45) is 5.40. The fraction of sp³-hybridized carbons (Fsp3) is 0.333. The second kappa shape index (κ2) is 7.49. The molecule has 3 aromatic rings. The summed E-state index contributed by atoms with van der Waals surface area (Å²) in [7, 11) is 0. The lowest BCUT2D eigenvalue weighted by Gasteiger charge is -2.32. The maximum atomic E-state index is 12.4. The number of aromatic amines is 1. The summed E-state index contributed by atoms with van der Waals surface area (Å²) in [5.41, 5.74) is 3.28. The van der Waals surface area contributed by atoms with Gasteiger partial charge in [-0.2, -0.15) is 15.4 Å². The number of rotatable bonds is 4. The Hall–Kier alpha value is -3.00. The Bertz CT molecular complexity index is 874. The van der Waals surface area contributed by atoms with Crippen molar-refractivity contribution in [2.24, 2.45) is 0 Å². The van der Waals surface area contributed by atoms with Crippen molar-refractivity contribution in [2.45, 2.75) is 25.6 Å². The fourth-order valence-corrected chi connectivity index (χ4v) is 3.04. The van der Waals surface area contributed by atoms with Crippen LogP contribution in [0.3, 0.4) is 0 Å². The van der Waals surface area contributed by atoms with Crippen LogP contribution in [0.1, 0.15) is 18.4 Å². The molecule has 0 radical (unpaired) electrons. The maximum absolute atomic E-state index is 12.4. The zero-order valence-corrected chi connectivity index (χ0v) is 14.3. The van der Waals surface area contributed by atoms with E-state index in [0.29, 0.717) is 25.4 Å². The van der Waals surface area contributed by atoms with Gasteiger partial charge in [-0.25, -0.2) is 4.79 Å². The quantitative estimate of drug-likeness (QED) is 0.752. The first-order valence-electron chi connectivity index (χ1n) is 8.65. The lowest BCUT2D eigenvalue weighted by molar-refractivity contribution is 0.00530. The van der Waals surface area contributed by atoms with Gasteiger partial charge in [-0.05, 0) is 42.7 Å². The Labute approximate surface area is 150 Å². The van der Waals surface area contributed by atoms with Crippen molar-refractivity contribution in [2.75, 3.05) is 18.4 Å².